The van der Waals surface area contributed by atoms with Crippen LogP contribution >= 0.6 is 0 Å². The lowest BCUT2D eigenvalue weighted by Crippen LogP contribution is -2.20. The fourth-order valence-electron chi connectivity index (χ4n) is 2.13. The third kappa shape index (κ3) is 2.72. The standard InChI is InChI=1S/C14H14N6O2/c1-20-14-11(7-17-20)13(15-8-16-14)18-10-4-2-9(3-5-10)6-12(21)19-22/h2-5,7-8,22H,6H2,1H3,(H,19,21)(H,15,16,18). The molecule has 0 spiro atoms. The molecule has 1 amide bonds. The van der Waals surface area contributed by atoms with Gasteiger partial charge in [-0.3, -0.25) is 14.7 Å². The fraction of sp³-hybridized carbons (Fsp3) is 0.143. The summed E-state index contributed by atoms with van der Waals surface area (Å²) in [4.78, 5) is 19.5. The lowest BCUT2D eigenvalue weighted by atomic mass is 10.1. The minimum Gasteiger partial charge on any atom is -0.340 e. The summed E-state index contributed by atoms with van der Waals surface area (Å²) >= 11 is 0. The number of fused-ring (bicyclic) bond motifs is 1. The molecule has 22 heavy (non-hydrogen) atoms. The highest BCUT2D eigenvalue weighted by Crippen LogP contribution is 2.22. The molecule has 3 N–H and O–H groups in total. The molecule has 0 aliphatic carbocycles. The second-order valence-corrected chi connectivity index (χ2v) is 4.76. The Labute approximate surface area is 125 Å². The average molecular weight is 298 g/mol. The fourth-order valence-corrected chi connectivity index (χ4v) is 2.13. The largest absolute Gasteiger partial charge is 0.340 e. The van der Waals surface area contributed by atoms with Crippen molar-refractivity contribution in [2.45, 2.75) is 6.42 Å². The number of rotatable bonds is 4. The summed E-state index contributed by atoms with van der Waals surface area (Å²) in [6.45, 7) is 0. The summed E-state index contributed by atoms with van der Waals surface area (Å²) in [5.74, 6) is 0.215. The number of anilines is 2. The number of hydrogen-bond donors (Lipinski definition) is 3. The molecular formula is C14H14N6O2. The molecule has 3 rings (SSSR count). The van der Waals surface area contributed by atoms with Crippen LogP contribution in [0.5, 0.6) is 0 Å². The number of carbonyl (C=O) groups excluding carboxylic acids is 1. The number of hydroxylamine groups is 1. The van der Waals surface area contributed by atoms with Crippen molar-refractivity contribution < 1.29 is 10.0 Å². The van der Waals surface area contributed by atoms with Crippen LogP contribution in [0.3, 0.4) is 0 Å². The van der Waals surface area contributed by atoms with Crippen LogP contribution in [0, 0.1) is 0 Å². The lowest BCUT2D eigenvalue weighted by Gasteiger charge is -2.07. The van der Waals surface area contributed by atoms with Gasteiger partial charge in [0.15, 0.2) is 5.65 Å². The average Bonchev–Trinajstić information content (AvgIpc) is 2.92. The van der Waals surface area contributed by atoms with Crippen LogP contribution in [-0.2, 0) is 18.3 Å². The van der Waals surface area contributed by atoms with Gasteiger partial charge in [0.25, 0.3) is 0 Å². The molecule has 0 aliphatic rings. The zero-order chi connectivity index (χ0) is 15.5. The second-order valence-electron chi connectivity index (χ2n) is 4.76. The first kappa shape index (κ1) is 14.0. The van der Waals surface area contributed by atoms with Gasteiger partial charge in [0.2, 0.25) is 5.91 Å². The van der Waals surface area contributed by atoms with E-state index in [-0.39, 0.29) is 6.42 Å². The van der Waals surface area contributed by atoms with Crippen molar-refractivity contribution >= 4 is 28.4 Å². The zero-order valence-corrected chi connectivity index (χ0v) is 11.8. The van der Waals surface area contributed by atoms with Gasteiger partial charge < -0.3 is 5.32 Å². The molecule has 0 aliphatic heterocycles. The smallest absolute Gasteiger partial charge is 0.247 e. The van der Waals surface area contributed by atoms with E-state index < -0.39 is 5.91 Å². The summed E-state index contributed by atoms with van der Waals surface area (Å²) in [5.41, 5.74) is 3.98. The first-order valence-electron chi connectivity index (χ1n) is 6.59. The van der Waals surface area contributed by atoms with Crippen LogP contribution in [0.25, 0.3) is 11.0 Å². The maximum atomic E-state index is 11.1. The zero-order valence-electron chi connectivity index (χ0n) is 11.8. The minimum absolute atomic E-state index is 0.122. The van der Waals surface area contributed by atoms with Gasteiger partial charge in [0.05, 0.1) is 18.0 Å². The quantitative estimate of drug-likeness (QED) is 0.493. The third-order valence-electron chi connectivity index (χ3n) is 3.24. The molecule has 2 heterocycles. The maximum absolute atomic E-state index is 11.1. The molecule has 0 bridgehead atoms. The van der Waals surface area contributed by atoms with Gasteiger partial charge >= 0.3 is 0 Å². The number of amides is 1. The van der Waals surface area contributed by atoms with Crippen molar-refractivity contribution in [3.8, 4) is 0 Å². The molecule has 8 nitrogen and oxygen atoms in total. The van der Waals surface area contributed by atoms with Gasteiger partial charge in [0.1, 0.15) is 12.1 Å². The molecular weight excluding hydrogens is 284 g/mol. The number of nitrogens with one attached hydrogen (secondary N) is 2. The van der Waals surface area contributed by atoms with E-state index in [0.717, 1.165) is 22.3 Å². The van der Waals surface area contributed by atoms with E-state index in [1.165, 1.54) is 6.33 Å². The Bertz CT molecular complexity index is 812. The summed E-state index contributed by atoms with van der Waals surface area (Å²) < 4.78 is 1.68. The normalized spacial score (nSPS) is 10.6. The number of aromatic nitrogens is 4. The molecule has 0 atom stereocenters. The highest BCUT2D eigenvalue weighted by molar-refractivity contribution is 5.88. The van der Waals surface area contributed by atoms with Crippen LogP contribution in [0.4, 0.5) is 11.5 Å². The third-order valence-corrected chi connectivity index (χ3v) is 3.24. The lowest BCUT2D eigenvalue weighted by molar-refractivity contribution is -0.128. The molecule has 8 heteroatoms. The van der Waals surface area contributed by atoms with E-state index in [4.69, 9.17) is 5.21 Å². The Hall–Kier alpha value is -3.00. The first-order valence-corrected chi connectivity index (χ1v) is 6.59. The summed E-state index contributed by atoms with van der Waals surface area (Å²) in [6.07, 6.45) is 3.31. The van der Waals surface area contributed by atoms with Crippen LogP contribution in [-0.4, -0.2) is 30.9 Å². The Morgan fingerprint density at radius 3 is 2.77 bits per heavy atom. The highest BCUT2D eigenvalue weighted by Gasteiger charge is 2.08. The van der Waals surface area contributed by atoms with Crippen LogP contribution in [0.15, 0.2) is 36.8 Å². The summed E-state index contributed by atoms with van der Waals surface area (Å²) in [7, 11) is 1.82. The van der Waals surface area contributed by atoms with Crippen molar-refractivity contribution in [1.82, 2.24) is 25.2 Å². The molecule has 0 saturated heterocycles. The summed E-state index contributed by atoms with van der Waals surface area (Å²) in [6, 6.07) is 7.28. The minimum atomic E-state index is -0.450. The molecule has 0 fully saturated rings. The second kappa shape index (κ2) is 5.78. The number of benzene rings is 1. The van der Waals surface area contributed by atoms with Crippen LogP contribution in [0.1, 0.15) is 5.56 Å². The van der Waals surface area contributed by atoms with Crippen LogP contribution in [0.2, 0.25) is 0 Å². The Morgan fingerprint density at radius 1 is 1.27 bits per heavy atom. The van der Waals surface area contributed by atoms with Gasteiger partial charge in [-0.25, -0.2) is 15.4 Å². The van der Waals surface area contributed by atoms with Gasteiger partial charge in [-0.1, -0.05) is 12.1 Å². The Kier molecular flexibility index (Phi) is 3.67. The van der Waals surface area contributed by atoms with Crippen molar-refractivity contribution in [1.29, 1.82) is 0 Å². The Morgan fingerprint density at radius 2 is 2.05 bits per heavy atom. The van der Waals surface area contributed by atoms with E-state index in [0.29, 0.717) is 5.82 Å². The molecule has 2 aromatic heterocycles. The number of aryl methyl sites for hydroxylation is 1. The molecule has 3 aromatic rings. The molecule has 1 aromatic carbocycles. The van der Waals surface area contributed by atoms with E-state index in [9.17, 15) is 4.79 Å². The van der Waals surface area contributed by atoms with Gasteiger partial charge in [-0.15, -0.1) is 0 Å². The van der Waals surface area contributed by atoms with Crippen molar-refractivity contribution in [2.75, 3.05) is 5.32 Å². The number of carbonyl (C=O) groups is 1. The Balaban J connectivity index is 1.81. The van der Waals surface area contributed by atoms with Crippen molar-refractivity contribution in [3.05, 3.63) is 42.4 Å². The van der Waals surface area contributed by atoms with Crippen molar-refractivity contribution in [2.24, 2.45) is 7.05 Å². The van der Waals surface area contributed by atoms with E-state index in [2.05, 4.69) is 20.4 Å². The topological polar surface area (TPSA) is 105 Å². The van der Waals surface area contributed by atoms with Gasteiger partial charge in [-0.05, 0) is 17.7 Å². The van der Waals surface area contributed by atoms with Crippen LogP contribution < -0.4 is 10.8 Å². The molecule has 112 valence electrons. The predicted octanol–water partition coefficient (Wildman–Crippen LogP) is 1.15. The SMILES string of the molecule is Cn1ncc2c(Nc3ccc(CC(=O)NO)cc3)ncnc21. The van der Waals surface area contributed by atoms with Gasteiger partial charge in [-0.2, -0.15) is 5.10 Å². The van der Waals surface area contributed by atoms with Crippen molar-refractivity contribution in [3.63, 3.8) is 0 Å². The molecule has 0 radical (unpaired) electrons. The predicted molar refractivity (Wildman–Crippen MR) is 79.7 cm³/mol. The first-order chi connectivity index (χ1) is 10.7. The highest BCUT2D eigenvalue weighted by atomic mass is 16.5. The number of hydrogen-bond acceptors (Lipinski definition) is 6. The monoisotopic (exact) mass is 298 g/mol. The van der Waals surface area contributed by atoms with E-state index in [1.807, 2.05) is 19.2 Å². The number of nitrogens with zero attached hydrogens (tertiary/aromatic N) is 4. The summed E-state index contributed by atoms with van der Waals surface area (Å²) in [5, 5.41) is 16.7. The maximum Gasteiger partial charge on any atom is 0.247 e. The molecule has 0 unspecified atom stereocenters. The van der Waals surface area contributed by atoms with E-state index in [1.54, 1.807) is 28.5 Å². The van der Waals surface area contributed by atoms with E-state index >= 15 is 0 Å². The van der Waals surface area contributed by atoms with Gasteiger partial charge in [0, 0.05) is 12.7 Å². The molecule has 0 saturated carbocycles.